The number of nitrogens with two attached hydrogens (primary N) is 1. The summed E-state index contributed by atoms with van der Waals surface area (Å²) in [5.41, 5.74) is 14.6. The molecule has 0 heterocycles. The van der Waals surface area contributed by atoms with Crippen molar-refractivity contribution >= 4 is 0 Å². The first-order valence-corrected chi connectivity index (χ1v) is 7.83. The highest BCUT2D eigenvalue weighted by atomic mass is 14.6. The zero-order chi connectivity index (χ0) is 15.4. The molecule has 1 atom stereocenters. The SMILES string of the molecule is Cc1ccc(CCC(N)Cc2c(C)cc(C)cc2C)cc1. The second-order valence-corrected chi connectivity index (χ2v) is 6.37. The van der Waals surface area contributed by atoms with E-state index in [0.29, 0.717) is 0 Å². The summed E-state index contributed by atoms with van der Waals surface area (Å²) in [4.78, 5) is 0. The fourth-order valence-corrected chi connectivity index (χ4v) is 3.00. The van der Waals surface area contributed by atoms with E-state index in [4.69, 9.17) is 5.73 Å². The van der Waals surface area contributed by atoms with Gasteiger partial charge >= 0.3 is 0 Å². The van der Waals surface area contributed by atoms with Crippen molar-refractivity contribution in [3.63, 3.8) is 0 Å². The van der Waals surface area contributed by atoms with Crippen LogP contribution in [0.2, 0.25) is 0 Å². The molecule has 0 bridgehead atoms. The van der Waals surface area contributed by atoms with Crippen molar-refractivity contribution in [3.05, 3.63) is 69.8 Å². The smallest absolute Gasteiger partial charge is 0.00826 e. The third-order valence-electron chi connectivity index (χ3n) is 4.23. The average Bonchev–Trinajstić information content (AvgIpc) is 2.42. The summed E-state index contributed by atoms with van der Waals surface area (Å²) in [6.07, 6.45) is 3.07. The molecule has 0 aliphatic heterocycles. The fraction of sp³-hybridized carbons (Fsp3) is 0.400. The van der Waals surface area contributed by atoms with Crippen LogP contribution in [0.3, 0.4) is 0 Å². The maximum absolute atomic E-state index is 6.36. The first-order chi connectivity index (χ1) is 9.95. The van der Waals surface area contributed by atoms with Crippen LogP contribution in [-0.2, 0) is 12.8 Å². The van der Waals surface area contributed by atoms with Crippen LogP contribution in [0.15, 0.2) is 36.4 Å². The minimum absolute atomic E-state index is 0.228. The Bertz CT molecular complexity index is 573. The van der Waals surface area contributed by atoms with Crippen LogP contribution in [0.5, 0.6) is 0 Å². The maximum atomic E-state index is 6.36. The lowest BCUT2D eigenvalue weighted by Crippen LogP contribution is -2.24. The molecule has 1 heteroatoms. The van der Waals surface area contributed by atoms with E-state index in [9.17, 15) is 0 Å². The normalized spacial score (nSPS) is 12.4. The Morgan fingerprint density at radius 2 is 1.43 bits per heavy atom. The summed E-state index contributed by atoms with van der Waals surface area (Å²) in [7, 11) is 0. The van der Waals surface area contributed by atoms with E-state index in [-0.39, 0.29) is 6.04 Å². The molecule has 1 unspecified atom stereocenters. The monoisotopic (exact) mass is 281 g/mol. The van der Waals surface area contributed by atoms with Crippen molar-refractivity contribution in [2.24, 2.45) is 5.73 Å². The Morgan fingerprint density at radius 1 is 0.857 bits per heavy atom. The topological polar surface area (TPSA) is 26.0 Å². The second-order valence-electron chi connectivity index (χ2n) is 6.37. The molecule has 0 saturated carbocycles. The third-order valence-corrected chi connectivity index (χ3v) is 4.23. The van der Waals surface area contributed by atoms with Crippen LogP contribution in [0, 0.1) is 27.7 Å². The van der Waals surface area contributed by atoms with E-state index in [0.717, 1.165) is 19.3 Å². The van der Waals surface area contributed by atoms with Crippen LogP contribution in [0.1, 0.15) is 39.8 Å². The quantitative estimate of drug-likeness (QED) is 0.862. The Balaban J connectivity index is 1.96. The molecule has 2 aromatic carbocycles. The van der Waals surface area contributed by atoms with Crippen molar-refractivity contribution in [1.29, 1.82) is 0 Å². The maximum Gasteiger partial charge on any atom is 0.00826 e. The molecular formula is C20H27N. The first kappa shape index (κ1) is 15.8. The van der Waals surface area contributed by atoms with E-state index in [2.05, 4.69) is 64.1 Å². The van der Waals surface area contributed by atoms with Crippen molar-refractivity contribution in [2.75, 3.05) is 0 Å². The predicted molar refractivity (Wildman–Crippen MR) is 91.8 cm³/mol. The summed E-state index contributed by atoms with van der Waals surface area (Å²) in [5.74, 6) is 0. The number of benzene rings is 2. The summed E-state index contributed by atoms with van der Waals surface area (Å²) < 4.78 is 0. The van der Waals surface area contributed by atoms with Crippen LogP contribution in [-0.4, -0.2) is 6.04 Å². The second kappa shape index (κ2) is 6.91. The van der Waals surface area contributed by atoms with Crippen LogP contribution < -0.4 is 5.73 Å². The number of aryl methyl sites for hydroxylation is 5. The molecule has 0 spiro atoms. The summed E-state index contributed by atoms with van der Waals surface area (Å²) >= 11 is 0. The van der Waals surface area contributed by atoms with E-state index >= 15 is 0 Å². The minimum Gasteiger partial charge on any atom is -0.327 e. The zero-order valence-corrected chi connectivity index (χ0v) is 13.7. The van der Waals surface area contributed by atoms with Crippen LogP contribution in [0.4, 0.5) is 0 Å². The lowest BCUT2D eigenvalue weighted by molar-refractivity contribution is 0.607. The average molecular weight is 281 g/mol. The van der Waals surface area contributed by atoms with E-state index < -0.39 is 0 Å². The van der Waals surface area contributed by atoms with Gasteiger partial charge in [-0.05, 0) is 69.2 Å². The van der Waals surface area contributed by atoms with Gasteiger partial charge in [0, 0.05) is 6.04 Å². The molecule has 112 valence electrons. The molecule has 21 heavy (non-hydrogen) atoms. The van der Waals surface area contributed by atoms with E-state index in [1.165, 1.54) is 33.4 Å². The van der Waals surface area contributed by atoms with Crippen molar-refractivity contribution in [1.82, 2.24) is 0 Å². The Labute approximate surface area is 129 Å². The van der Waals surface area contributed by atoms with Crippen LogP contribution >= 0.6 is 0 Å². The van der Waals surface area contributed by atoms with Gasteiger partial charge in [-0.25, -0.2) is 0 Å². The Hall–Kier alpha value is -1.60. The summed E-state index contributed by atoms with van der Waals surface area (Å²) in [5, 5.41) is 0. The molecule has 2 rings (SSSR count). The van der Waals surface area contributed by atoms with Crippen molar-refractivity contribution < 1.29 is 0 Å². The summed E-state index contributed by atoms with van der Waals surface area (Å²) in [6, 6.07) is 13.5. The molecular weight excluding hydrogens is 254 g/mol. The molecule has 0 aliphatic rings. The van der Waals surface area contributed by atoms with Gasteiger partial charge in [-0.3, -0.25) is 0 Å². The lowest BCUT2D eigenvalue weighted by Gasteiger charge is -2.16. The third kappa shape index (κ3) is 4.44. The number of hydrogen-bond donors (Lipinski definition) is 1. The van der Waals surface area contributed by atoms with E-state index in [1.54, 1.807) is 0 Å². The van der Waals surface area contributed by atoms with Gasteiger partial charge in [-0.2, -0.15) is 0 Å². The molecule has 2 aromatic rings. The lowest BCUT2D eigenvalue weighted by atomic mass is 9.92. The Morgan fingerprint density at radius 3 is 2.00 bits per heavy atom. The highest BCUT2D eigenvalue weighted by molar-refractivity contribution is 5.38. The highest BCUT2D eigenvalue weighted by Crippen LogP contribution is 2.19. The number of rotatable bonds is 5. The fourth-order valence-electron chi connectivity index (χ4n) is 3.00. The molecule has 0 aliphatic carbocycles. The largest absolute Gasteiger partial charge is 0.327 e. The molecule has 0 fully saturated rings. The van der Waals surface area contributed by atoms with Gasteiger partial charge in [0.25, 0.3) is 0 Å². The van der Waals surface area contributed by atoms with Crippen LogP contribution in [0.25, 0.3) is 0 Å². The molecule has 1 nitrogen and oxygen atoms in total. The van der Waals surface area contributed by atoms with E-state index in [1.807, 2.05) is 0 Å². The van der Waals surface area contributed by atoms with Gasteiger partial charge < -0.3 is 5.73 Å². The summed E-state index contributed by atoms with van der Waals surface area (Å²) in [6.45, 7) is 8.67. The van der Waals surface area contributed by atoms with Gasteiger partial charge in [-0.15, -0.1) is 0 Å². The molecule has 0 aromatic heterocycles. The molecule has 0 saturated heterocycles. The molecule has 0 amide bonds. The molecule has 2 N–H and O–H groups in total. The number of hydrogen-bond acceptors (Lipinski definition) is 1. The molecule has 0 radical (unpaired) electrons. The Kier molecular flexibility index (Phi) is 5.19. The first-order valence-electron chi connectivity index (χ1n) is 7.83. The van der Waals surface area contributed by atoms with Gasteiger partial charge in [0.2, 0.25) is 0 Å². The highest BCUT2D eigenvalue weighted by Gasteiger charge is 2.10. The van der Waals surface area contributed by atoms with Crippen molar-refractivity contribution in [3.8, 4) is 0 Å². The van der Waals surface area contributed by atoms with Gasteiger partial charge in [0.05, 0.1) is 0 Å². The standard InChI is InChI=1S/C20H27N/c1-14-5-7-18(8-6-14)9-10-19(21)13-20-16(3)11-15(2)12-17(20)4/h5-8,11-12,19H,9-10,13,21H2,1-4H3. The van der Waals surface area contributed by atoms with Gasteiger partial charge in [0.15, 0.2) is 0 Å². The predicted octanol–water partition coefficient (Wildman–Crippen LogP) is 4.42. The van der Waals surface area contributed by atoms with Gasteiger partial charge in [-0.1, -0.05) is 47.5 Å². The minimum atomic E-state index is 0.228. The van der Waals surface area contributed by atoms with Gasteiger partial charge in [0.1, 0.15) is 0 Å². The van der Waals surface area contributed by atoms with Crippen molar-refractivity contribution in [2.45, 2.75) is 53.0 Å². The zero-order valence-electron chi connectivity index (χ0n) is 13.7.